The molecular weight excluding hydrogens is 272 g/mol. The number of hydrogen-bond donors (Lipinski definition) is 1. The van der Waals surface area contributed by atoms with Gasteiger partial charge in [0.25, 0.3) is 0 Å². The molecule has 16 heavy (non-hydrogen) atoms. The highest BCUT2D eigenvalue weighted by atomic mass is 79.9. The standard InChI is InChI=1S/C11H13BrN2O2/c1-7-4-5-10(9(12)6-7)14-13-8(2)11(15)16-3/h4-6,14H,1-3H3/b13-8-. The number of benzene rings is 1. The number of methoxy groups -OCH3 is 1. The Morgan fingerprint density at radius 2 is 2.19 bits per heavy atom. The molecule has 0 radical (unpaired) electrons. The van der Waals surface area contributed by atoms with Gasteiger partial charge in [0.05, 0.1) is 12.8 Å². The van der Waals surface area contributed by atoms with Crippen LogP contribution in [0.25, 0.3) is 0 Å². The molecule has 0 aliphatic rings. The molecule has 0 aliphatic carbocycles. The summed E-state index contributed by atoms with van der Waals surface area (Å²) in [5.41, 5.74) is 5.01. The molecule has 0 spiro atoms. The third-order valence-corrected chi connectivity index (χ3v) is 2.61. The van der Waals surface area contributed by atoms with E-state index in [0.29, 0.717) is 0 Å². The summed E-state index contributed by atoms with van der Waals surface area (Å²) in [6.07, 6.45) is 0. The van der Waals surface area contributed by atoms with E-state index in [2.05, 4.69) is 31.2 Å². The van der Waals surface area contributed by atoms with Crippen LogP contribution in [-0.2, 0) is 9.53 Å². The Morgan fingerprint density at radius 3 is 2.75 bits per heavy atom. The minimum Gasteiger partial charge on any atom is -0.464 e. The highest BCUT2D eigenvalue weighted by Gasteiger charge is 2.05. The van der Waals surface area contributed by atoms with Gasteiger partial charge in [-0.1, -0.05) is 6.07 Å². The SMILES string of the molecule is COC(=O)/C(C)=N\Nc1ccc(C)cc1Br. The normalized spacial score (nSPS) is 11.1. The molecule has 0 heterocycles. The van der Waals surface area contributed by atoms with Gasteiger partial charge in [0.15, 0.2) is 0 Å². The van der Waals surface area contributed by atoms with Crippen LogP contribution in [-0.4, -0.2) is 18.8 Å². The summed E-state index contributed by atoms with van der Waals surface area (Å²) < 4.78 is 5.43. The van der Waals surface area contributed by atoms with Crippen LogP contribution < -0.4 is 5.43 Å². The van der Waals surface area contributed by atoms with Gasteiger partial charge in [0, 0.05) is 4.47 Å². The zero-order valence-electron chi connectivity index (χ0n) is 9.37. The number of carbonyl (C=O) groups is 1. The number of anilines is 1. The number of esters is 1. The van der Waals surface area contributed by atoms with Crippen LogP contribution in [0.3, 0.4) is 0 Å². The first-order valence-corrected chi connectivity index (χ1v) is 5.48. The van der Waals surface area contributed by atoms with Crippen LogP contribution in [0.1, 0.15) is 12.5 Å². The first kappa shape index (κ1) is 12.7. The van der Waals surface area contributed by atoms with Crippen molar-refractivity contribution in [2.24, 2.45) is 5.10 Å². The van der Waals surface area contributed by atoms with Crippen molar-refractivity contribution in [1.82, 2.24) is 0 Å². The van der Waals surface area contributed by atoms with E-state index in [1.165, 1.54) is 7.11 Å². The molecule has 0 amide bonds. The van der Waals surface area contributed by atoms with Gasteiger partial charge >= 0.3 is 5.97 Å². The molecule has 0 saturated carbocycles. The molecule has 86 valence electrons. The number of ether oxygens (including phenoxy) is 1. The Labute approximate surface area is 103 Å². The second-order valence-electron chi connectivity index (χ2n) is 3.28. The number of nitrogens with zero attached hydrogens (tertiary/aromatic N) is 1. The number of nitrogens with one attached hydrogen (secondary N) is 1. The summed E-state index contributed by atoms with van der Waals surface area (Å²) in [6.45, 7) is 3.58. The van der Waals surface area contributed by atoms with Gasteiger partial charge in [0.1, 0.15) is 5.71 Å². The van der Waals surface area contributed by atoms with E-state index < -0.39 is 5.97 Å². The molecule has 5 heteroatoms. The Hall–Kier alpha value is -1.36. The first-order chi connectivity index (χ1) is 7.54. The Bertz CT molecular complexity index is 430. The minimum absolute atomic E-state index is 0.273. The van der Waals surface area contributed by atoms with Crippen molar-refractivity contribution in [3.05, 3.63) is 28.2 Å². The van der Waals surface area contributed by atoms with Gasteiger partial charge < -0.3 is 4.74 Å². The maximum Gasteiger partial charge on any atom is 0.353 e. The van der Waals surface area contributed by atoms with E-state index in [1.54, 1.807) is 6.92 Å². The van der Waals surface area contributed by atoms with Gasteiger partial charge in [-0.25, -0.2) is 4.79 Å². The minimum atomic E-state index is -0.448. The van der Waals surface area contributed by atoms with Crippen molar-refractivity contribution in [3.63, 3.8) is 0 Å². The number of halogens is 1. The van der Waals surface area contributed by atoms with Gasteiger partial charge in [-0.2, -0.15) is 5.10 Å². The predicted molar refractivity (Wildman–Crippen MR) is 67.6 cm³/mol. The lowest BCUT2D eigenvalue weighted by atomic mass is 10.2. The molecule has 0 atom stereocenters. The summed E-state index contributed by atoms with van der Waals surface area (Å²) >= 11 is 3.40. The van der Waals surface area contributed by atoms with Crippen LogP contribution in [0.5, 0.6) is 0 Å². The number of aryl methyl sites for hydroxylation is 1. The smallest absolute Gasteiger partial charge is 0.353 e. The van der Waals surface area contributed by atoms with Gasteiger partial charge in [-0.3, -0.25) is 5.43 Å². The van der Waals surface area contributed by atoms with Crippen molar-refractivity contribution in [1.29, 1.82) is 0 Å². The quantitative estimate of drug-likeness (QED) is 0.528. The molecule has 1 rings (SSSR count). The molecule has 0 unspecified atom stereocenters. The summed E-state index contributed by atoms with van der Waals surface area (Å²) in [7, 11) is 1.32. The largest absolute Gasteiger partial charge is 0.464 e. The predicted octanol–water partition coefficient (Wildman–Crippen LogP) is 2.72. The monoisotopic (exact) mass is 284 g/mol. The van der Waals surface area contributed by atoms with E-state index in [1.807, 2.05) is 25.1 Å². The molecule has 1 aromatic carbocycles. The lowest BCUT2D eigenvalue weighted by Crippen LogP contribution is -2.13. The fourth-order valence-corrected chi connectivity index (χ4v) is 1.63. The van der Waals surface area contributed by atoms with Gasteiger partial charge in [-0.05, 0) is 47.5 Å². The van der Waals surface area contributed by atoms with Gasteiger partial charge in [-0.15, -0.1) is 0 Å². The summed E-state index contributed by atoms with van der Waals surface area (Å²) in [5, 5.41) is 3.92. The van der Waals surface area contributed by atoms with Crippen molar-refractivity contribution < 1.29 is 9.53 Å². The topological polar surface area (TPSA) is 50.7 Å². The zero-order valence-corrected chi connectivity index (χ0v) is 11.0. The van der Waals surface area contributed by atoms with E-state index in [4.69, 9.17) is 0 Å². The Balaban J connectivity index is 2.78. The lowest BCUT2D eigenvalue weighted by molar-refractivity contribution is -0.132. The maximum absolute atomic E-state index is 11.1. The van der Waals surface area contributed by atoms with Crippen molar-refractivity contribution in [2.45, 2.75) is 13.8 Å². The number of rotatable bonds is 3. The van der Waals surface area contributed by atoms with Gasteiger partial charge in [0.2, 0.25) is 0 Å². The second-order valence-corrected chi connectivity index (χ2v) is 4.14. The molecule has 0 aromatic heterocycles. The molecule has 0 aliphatic heterocycles. The molecule has 0 saturated heterocycles. The number of hydrogen-bond acceptors (Lipinski definition) is 4. The van der Waals surface area contributed by atoms with E-state index in [9.17, 15) is 4.79 Å². The van der Waals surface area contributed by atoms with Crippen molar-refractivity contribution >= 4 is 33.3 Å². The average molecular weight is 285 g/mol. The van der Waals surface area contributed by atoms with Crippen molar-refractivity contribution in [2.75, 3.05) is 12.5 Å². The molecule has 1 aromatic rings. The Kier molecular flexibility index (Phi) is 4.49. The lowest BCUT2D eigenvalue weighted by Gasteiger charge is -2.05. The highest BCUT2D eigenvalue weighted by Crippen LogP contribution is 2.23. The first-order valence-electron chi connectivity index (χ1n) is 4.69. The number of carbonyl (C=O) groups excluding carboxylic acids is 1. The zero-order chi connectivity index (χ0) is 12.1. The molecule has 0 bridgehead atoms. The number of hydrazone groups is 1. The fraction of sp³-hybridized carbons (Fsp3) is 0.273. The van der Waals surface area contributed by atoms with E-state index >= 15 is 0 Å². The summed E-state index contributed by atoms with van der Waals surface area (Å²) in [6, 6.07) is 5.80. The summed E-state index contributed by atoms with van der Waals surface area (Å²) in [4.78, 5) is 11.1. The van der Waals surface area contributed by atoms with E-state index in [-0.39, 0.29) is 5.71 Å². The fourth-order valence-electron chi connectivity index (χ4n) is 1.05. The maximum atomic E-state index is 11.1. The van der Waals surface area contributed by atoms with E-state index in [0.717, 1.165) is 15.7 Å². The van der Waals surface area contributed by atoms with Crippen LogP contribution in [0.15, 0.2) is 27.8 Å². The van der Waals surface area contributed by atoms with Crippen LogP contribution in [0.4, 0.5) is 5.69 Å². The highest BCUT2D eigenvalue weighted by molar-refractivity contribution is 9.10. The van der Waals surface area contributed by atoms with Crippen LogP contribution in [0, 0.1) is 6.92 Å². The Morgan fingerprint density at radius 1 is 1.50 bits per heavy atom. The van der Waals surface area contributed by atoms with Crippen molar-refractivity contribution in [3.8, 4) is 0 Å². The molecule has 4 nitrogen and oxygen atoms in total. The van der Waals surface area contributed by atoms with Crippen LogP contribution >= 0.6 is 15.9 Å². The molecular formula is C11H13BrN2O2. The van der Waals surface area contributed by atoms with Crippen LogP contribution in [0.2, 0.25) is 0 Å². The third-order valence-electron chi connectivity index (χ3n) is 1.95. The average Bonchev–Trinajstić information content (AvgIpc) is 2.26. The molecule has 1 N–H and O–H groups in total. The third kappa shape index (κ3) is 3.34. The second kappa shape index (κ2) is 5.65. The summed E-state index contributed by atoms with van der Waals surface area (Å²) in [5.74, 6) is -0.448. The molecule has 0 fully saturated rings.